The number of carboxylic acid groups (broad SMARTS) is 1. The number of carbonyl (C=O) groups is 4. The zero-order valence-corrected chi connectivity index (χ0v) is 13.1. The quantitative estimate of drug-likeness (QED) is 0.294. The lowest BCUT2D eigenvalue weighted by molar-refractivity contribution is -0.143. The fraction of sp³-hybridized carbons (Fsp3) is 0.571. The number of carbonyl (C=O) groups excluding carboxylic acids is 3. The van der Waals surface area contributed by atoms with Gasteiger partial charge in [0.15, 0.2) is 0 Å². The smallest absolute Gasteiger partial charge is 0.329 e. The van der Waals surface area contributed by atoms with Crippen molar-refractivity contribution in [1.29, 1.82) is 0 Å². The molecule has 1 aliphatic rings. The van der Waals surface area contributed by atoms with Crippen LogP contribution in [0.4, 0.5) is 0 Å². The summed E-state index contributed by atoms with van der Waals surface area (Å²) in [5.41, 5.74) is 0. The lowest BCUT2D eigenvalue weighted by Crippen LogP contribution is -2.41. The number of hydrogen-bond donors (Lipinski definition) is 2. The van der Waals surface area contributed by atoms with Gasteiger partial charge in [0.1, 0.15) is 13.2 Å². The molecule has 0 aromatic carbocycles. The van der Waals surface area contributed by atoms with Gasteiger partial charge in [-0.1, -0.05) is 0 Å². The number of amides is 3. The number of imide groups is 1. The minimum atomic E-state index is -1.03. The van der Waals surface area contributed by atoms with E-state index >= 15 is 0 Å². The highest BCUT2D eigenvalue weighted by Gasteiger charge is 2.25. The Hall–Kier alpha value is -2.30. The van der Waals surface area contributed by atoms with E-state index in [1.807, 2.05) is 0 Å². The van der Waals surface area contributed by atoms with Crippen LogP contribution in [0.5, 0.6) is 0 Å². The van der Waals surface area contributed by atoms with Crippen molar-refractivity contribution in [2.24, 2.45) is 0 Å². The third-order valence-corrected chi connectivity index (χ3v) is 2.74. The van der Waals surface area contributed by atoms with Crippen molar-refractivity contribution in [3.05, 3.63) is 12.2 Å². The minimum Gasteiger partial charge on any atom is -0.480 e. The van der Waals surface area contributed by atoms with Gasteiger partial charge in [-0.15, -0.1) is 0 Å². The minimum absolute atomic E-state index is 0.186. The molecule has 0 spiro atoms. The molecule has 10 nitrogen and oxygen atoms in total. The van der Waals surface area contributed by atoms with Gasteiger partial charge in [-0.2, -0.15) is 0 Å². The molecule has 3 amide bonds. The average Bonchev–Trinajstić information content (AvgIpc) is 2.84. The Labute approximate surface area is 138 Å². The molecule has 0 bridgehead atoms. The lowest BCUT2D eigenvalue weighted by Gasteiger charge is -2.13. The summed E-state index contributed by atoms with van der Waals surface area (Å²) in [4.78, 5) is 45.1. The van der Waals surface area contributed by atoms with Crippen LogP contribution in [-0.2, 0) is 33.4 Å². The van der Waals surface area contributed by atoms with Crippen LogP contribution in [0.2, 0.25) is 0 Å². The Morgan fingerprint density at radius 1 is 0.958 bits per heavy atom. The summed E-state index contributed by atoms with van der Waals surface area (Å²) >= 11 is 0. The van der Waals surface area contributed by atoms with Crippen LogP contribution >= 0.6 is 0 Å². The van der Waals surface area contributed by atoms with Crippen molar-refractivity contribution in [3.63, 3.8) is 0 Å². The van der Waals surface area contributed by atoms with Crippen molar-refractivity contribution >= 4 is 23.7 Å². The molecule has 1 rings (SSSR count). The van der Waals surface area contributed by atoms with Crippen molar-refractivity contribution in [2.75, 3.05) is 52.7 Å². The number of aliphatic carboxylic acids is 1. The molecule has 134 valence electrons. The standard InChI is InChI=1S/C14H20N2O8/c17-11(9-16-12(18)1-2-13(16)19)15-3-4-22-5-6-23-7-8-24-10-14(20)21/h1-2H,3-10H2,(H,15,17)(H,20,21). The van der Waals surface area contributed by atoms with Crippen LogP contribution in [0.15, 0.2) is 12.2 Å². The fourth-order valence-corrected chi connectivity index (χ4v) is 1.65. The summed E-state index contributed by atoms with van der Waals surface area (Å²) in [7, 11) is 0. The molecule has 0 aliphatic carbocycles. The van der Waals surface area contributed by atoms with Gasteiger partial charge in [0, 0.05) is 18.7 Å². The molecule has 0 atom stereocenters. The summed E-state index contributed by atoms with van der Waals surface area (Å²) in [6.45, 7) is 0.891. The number of nitrogens with zero attached hydrogens (tertiary/aromatic N) is 1. The monoisotopic (exact) mass is 344 g/mol. The normalized spacial score (nSPS) is 13.6. The zero-order valence-electron chi connectivity index (χ0n) is 13.1. The third kappa shape index (κ3) is 8.36. The van der Waals surface area contributed by atoms with E-state index in [4.69, 9.17) is 19.3 Å². The largest absolute Gasteiger partial charge is 0.480 e. The number of carboxylic acids is 1. The van der Waals surface area contributed by atoms with E-state index in [1.165, 1.54) is 0 Å². The maximum absolute atomic E-state index is 11.6. The fourth-order valence-electron chi connectivity index (χ4n) is 1.65. The van der Waals surface area contributed by atoms with E-state index in [-0.39, 0.29) is 39.5 Å². The molecule has 1 heterocycles. The molecule has 0 radical (unpaired) electrons. The zero-order chi connectivity index (χ0) is 17.8. The van der Waals surface area contributed by atoms with E-state index in [0.29, 0.717) is 13.2 Å². The van der Waals surface area contributed by atoms with Crippen molar-refractivity contribution < 1.29 is 38.5 Å². The Balaban J connectivity index is 1.90. The topological polar surface area (TPSA) is 131 Å². The second kappa shape index (κ2) is 11.3. The van der Waals surface area contributed by atoms with Gasteiger partial charge in [0.2, 0.25) is 5.91 Å². The van der Waals surface area contributed by atoms with Gasteiger partial charge in [0.25, 0.3) is 11.8 Å². The van der Waals surface area contributed by atoms with E-state index in [0.717, 1.165) is 17.1 Å². The Morgan fingerprint density at radius 2 is 1.50 bits per heavy atom. The molecular formula is C14H20N2O8. The number of hydrogen-bond acceptors (Lipinski definition) is 7. The molecule has 24 heavy (non-hydrogen) atoms. The van der Waals surface area contributed by atoms with E-state index in [1.54, 1.807) is 0 Å². The lowest BCUT2D eigenvalue weighted by atomic mass is 10.4. The summed E-state index contributed by atoms with van der Waals surface area (Å²) in [5, 5.41) is 10.9. The van der Waals surface area contributed by atoms with Gasteiger partial charge >= 0.3 is 5.97 Å². The SMILES string of the molecule is O=C(O)COCCOCCOCCNC(=O)CN1C(=O)C=CC1=O. The number of rotatable bonds is 13. The predicted molar refractivity (Wildman–Crippen MR) is 79.0 cm³/mol. The van der Waals surface area contributed by atoms with Gasteiger partial charge in [-0.25, -0.2) is 4.79 Å². The van der Waals surface area contributed by atoms with E-state index in [2.05, 4.69) is 5.32 Å². The maximum Gasteiger partial charge on any atom is 0.329 e. The van der Waals surface area contributed by atoms with E-state index < -0.39 is 23.7 Å². The Kier molecular flexibility index (Phi) is 9.27. The number of nitrogens with one attached hydrogen (secondary N) is 1. The first-order valence-corrected chi connectivity index (χ1v) is 7.26. The molecule has 0 saturated carbocycles. The molecule has 0 fully saturated rings. The maximum atomic E-state index is 11.6. The van der Waals surface area contributed by atoms with Crippen molar-refractivity contribution in [2.45, 2.75) is 0 Å². The molecule has 0 aromatic rings. The summed E-state index contributed by atoms with van der Waals surface area (Å²) in [6.07, 6.45) is 2.23. The predicted octanol–water partition coefficient (Wildman–Crippen LogP) is -1.84. The summed E-state index contributed by atoms with van der Waals surface area (Å²) < 4.78 is 15.1. The second-order valence-corrected chi connectivity index (χ2v) is 4.62. The third-order valence-electron chi connectivity index (χ3n) is 2.74. The summed E-state index contributed by atoms with van der Waals surface area (Å²) in [6, 6.07) is 0. The van der Waals surface area contributed by atoms with Gasteiger partial charge < -0.3 is 24.6 Å². The van der Waals surface area contributed by atoms with E-state index in [9.17, 15) is 19.2 Å². The molecule has 1 aliphatic heterocycles. The molecule has 2 N–H and O–H groups in total. The highest BCUT2D eigenvalue weighted by Crippen LogP contribution is 2.01. The Bertz CT molecular complexity index is 473. The molecule has 0 unspecified atom stereocenters. The van der Waals surface area contributed by atoms with Crippen molar-refractivity contribution in [1.82, 2.24) is 10.2 Å². The highest BCUT2D eigenvalue weighted by molar-refractivity contribution is 6.14. The van der Waals surface area contributed by atoms with Crippen LogP contribution < -0.4 is 5.32 Å². The van der Waals surface area contributed by atoms with Crippen LogP contribution in [-0.4, -0.2) is 86.4 Å². The van der Waals surface area contributed by atoms with Crippen LogP contribution in [0.25, 0.3) is 0 Å². The molecule has 0 aromatic heterocycles. The van der Waals surface area contributed by atoms with Crippen LogP contribution in [0, 0.1) is 0 Å². The first kappa shape index (κ1) is 19.7. The number of ether oxygens (including phenoxy) is 3. The van der Waals surface area contributed by atoms with Crippen LogP contribution in [0.1, 0.15) is 0 Å². The molecule has 10 heteroatoms. The molecular weight excluding hydrogens is 324 g/mol. The average molecular weight is 344 g/mol. The molecule has 0 saturated heterocycles. The first-order valence-electron chi connectivity index (χ1n) is 7.26. The highest BCUT2D eigenvalue weighted by atomic mass is 16.5. The van der Waals surface area contributed by atoms with Gasteiger partial charge in [0.05, 0.1) is 33.0 Å². The second-order valence-electron chi connectivity index (χ2n) is 4.62. The first-order chi connectivity index (χ1) is 11.5. The van der Waals surface area contributed by atoms with Gasteiger partial charge in [-0.3, -0.25) is 19.3 Å². The van der Waals surface area contributed by atoms with Gasteiger partial charge in [-0.05, 0) is 0 Å². The Morgan fingerprint density at radius 3 is 2.08 bits per heavy atom. The van der Waals surface area contributed by atoms with Crippen molar-refractivity contribution in [3.8, 4) is 0 Å². The van der Waals surface area contributed by atoms with Crippen LogP contribution in [0.3, 0.4) is 0 Å². The summed E-state index contributed by atoms with van der Waals surface area (Å²) in [5.74, 6) is -2.49.